The highest BCUT2D eigenvalue weighted by Gasteiger charge is 2.18. The van der Waals surface area contributed by atoms with Crippen molar-refractivity contribution >= 4 is 23.2 Å². The molecule has 0 aromatic heterocycles. The molecule has 1 atom stereocenters. The van der Waals surface area contributed by atoms with Crippen LogP contribution in [0.4, 0.5) is 5.69 Å². The molecule has 24 heavy (non-hydrogen) atoms. The Kier molecular flexibility index (Phi) is 5.93. The van der Waals surface area contributed by atoms with E-state index >= 15 is 0 Å². The number of hydrogen-bond donors (Lipinski definition) is 1. The van der Waals surface area contributed by atoms with Crippen LogP contribution in [0.3, 0.4) is 0 Å². The van der Waals surface area contributed by atoms with Crippen LogP contribution in [0.5, 0.6) is 17.2 Å². The molecule has 0 aliphatic heterocycles. The largest absolute Gasteiger partial charge is 0.495 e. The number of nitrogens with one attached hydrogen (secondary N) is 1. The molecule has 0 radical (unpaired) electrons. The lowest BCUT2D eigenvalue weighted by Crippen LogP contribution is -2.30. The highest BCUT2D eigenvalue weighted by molar-refractivity contribution is 6.32. The zero-order valence-electron chi connectivity index (χ0n) is 14.1. The molecule has 0 aliphatic rings. The Balaban J connectivity index is 2.12. The zero-order chi connectivity index (χ0) is 17.7. The molecule has 0 aliphatic carbocycles. The lowest BCUT2D eigenvalue weighted by molar-refractivity contribution is -0.122. The van der Waals surface area contributed by atoms with Crippen molar-refractivity contribution in [2.75, 3.05) is 19.5 Å². The molecule has 0 bridgehead atoms. The maximum absolute atomic E-state index is 12.4. The number of hydrogen-bond acceptors (Lipinski definition) is 4. The van der Waals surface area contributed by atoms with Gasteiger partial charge in [0.25, 0.3) is 5.91 Å². The summed E-state index contributed by atoms with van der Waals surface area (Å²) in [6.45, 7) is 3.64. The van der Waals surface area contributed by atoms with Crippen LogP contribution in [0, 0.1) is 6.92 Å². The second-order valence-electron chi connectivity index (χ2n) is 5.25. The van der Waals surface area contributed by atoms with Crippen molar-refractivity contribution in [3.63, 3.8) is 0 Å². The van der Waals surface area contributed by atoms with Gasteiger partial charge in [-0.2, -0.15) is 0 Å². The van der Waals surface area contributed by atoms with E-state index in [4.69, 9.17) is 25.8 Å². The summed E-state index contributed by atoms with van der Waals surface area (Å²) in [6.07, 6.45) is -0.683. The fraction of sp³-hybridized carbons (Fsp3) is 0.278. The second kappa shape index (κ2) is 7.93. The third kappa shape index (κ3) is 4.32. The van der Waals surface area contributed by atoms with E-state index in [1.807, 2.05) is 31.2 Å². The predicted molar refractivity (Wildman–Crippen MR) is 94.5 cm³/mol. The second-order valence-corrected chi connectivity index (χ2v) is 5.66. The third-order valence-corrected chi connectivity index (χ3v) is 3.70. The van der Waals surface area contributed by atoms with E-state index in [0.717, 1.165) is 5.56 Å². The van der Waals surface area contributed by atoms with Crippen LogP contribution in [0.2, 0.25) is 5.02 Å². The van der Waals surface area contributed by atoms with Gasteiger partial charge in [0.1, 0.15) is 17.2 Å². The Labute approximate surface area is 146 Å². The average molecular weight is 350 g/mol. The number of rotatable bonds is 6. The summed E-state index contributed by atoms with van der Waals surface area (Å²) in [7, 11) is 3.02. The predicted octanol–water partition coefficient (Wildman–Crippen LogP) is 4.07. The van der Waals surface area contributed by atoms with Crippen LogP contribution in [-0.4, -0.2) is 26.2 Å². The number of halogens is 1. The molecule has 128 valence electrons. The van der Waals surface area contributed by atoms with E-state index < -0.39 is 6.10 Å². The van der Waals surface area contributed by atoms with Crippen LogP contribution < -0.4 is 19.5 Å². The SMILES string of the molecule is COc1cc(OC)c(NC(=O)[C@@H](C)Oc2cccc(C)c2)cc1Cl. The van der Waals surface area contributed by atoms with Gasteiger partial charge in [-0.3, -0.25) is 4.79 Å². The van der Waals surface area contributed by atoms with E-state index in [-0.39, 0.29) is 5.91 Å². The molecule has 2 aromatic carbocycles. The summed E-state index contributed by atoms with van der Waals surface area (Å²) in [4.78, 5) is 12.4. The minimum atomic E-state index is -0.683. The van der Waals surface area contributed by atoms with E-state index in [0.29, 0.717) is 28.0 Å². The summed E-state index contributed by atoms with van der Waals surface area (Å²) < 4.78 is 16.1. The van der Waals surface area contributed by atoms with Crippen molar-refractivity contribution < 1.29 is 19.0 Å². The van der Waals surface area contributed by atoms with Gasteiger partial charge in [-0.25, -0.2) is 0 Å². The summed E-state index contributed by atoms with van der Waals surface area (Å²) in [5.41, 5.74) is 1.51. The highest BCUT2D eigenvalue weighted by atomic mass is 35.5. The molecule has 0 heterocycles. The quantitative estimate of drug-likeness (QED) is 0.854. The number of methoxy groups -OCH3 is 2. The van der Waals surface area contributed by atoms with Crippen molar-refractivity contribution in [1.29, 1.82) is 0 Å². The van der Waals surface area contributed by atoms with Gasteiger partial charge in [-0.15, -0.1) is 0 Å². The minimum Gasteiger partial charge on any atom is -0.495 e. The fourth-order valence-electron chi connectivity index (χ4n) is 2.14. The summed E-state index contributed by atoms with van der Waals surface area (Å²) in [5, 5.41) is 3.14. The van der Waals surface area contributed by atoms with Gasteiger partial charge in [0, 0.05) is 6.07 Å². The normalized spacial score (nSPS) is 11.5. The summed E-state index contributed by atoms with van der Waals surface area (Å²) in [6, 6.07) is 10.7. The Morgan fingerprint density at radius 1 is 1.12 bits per heavy atom. The zero-order valence-corrected chi connectivity index (χ0v) is 14.8. The van der Waals surface area contributed by atoms with E-state index in [1.54, 1.807) is 19.1 Å². The van der Waals surface area contributed by atoms with E-state index in [9.17, 15) is 4.79 Å². The van der Waals surface area contributed by atoms with Gasteiger partial charge >= 0.3 is 0 Å². The first kappa shape index (κ1) is 17.9. The topological polar surface area (TPSA) is 56.8 Å². The first-order valence-electron chi connectivity index (χ1n) is 7.40. The molecular weight excluding hydrogens is 330 g/mol. The standard InChI is InChI=1S/C18H20ClNO4/c1-11-6-5-7-13(8-11)24-12(2)18(21)20-15-9-14(19)16(22-3)10-17(15)23-4/h5-10,12H,1-4H3,(H,20,21)/t12-/m1/s1. The first-order chi connectivity index (χ1) is 11.4. The number of ether oxygens (including phenoxy) is 3. The molecule has 5 nitrogen and oxygen atoms in total. The molecule has 0 saturated heterocycles. The number of carbonyl (C=O) groups excluding carboxylic acids is 1. The van der Waals surface area contributed by atoms with Gasteiger partial charge in [0.2, 0.25) is 0 Å². The molecule has 0 spiro atoms. The fourth-order valence-corrected chi connectivity index (χ4v) is 2.38. The van der Waals surface area contributed by atoms with Gasteiger partial charge in [-0.05, 0) is 37.6 Å². The van der Waals surface area contributed by atoms with Crippen molar-refractivity contribution in [1.82, 2.24) is 0 Å². The smallest absolute Gasteiger partial charge is 0.265 e. The van der Waals surface area contributed by atoms with Crippen LogP contribution in [0.25, 0.3) is 0 Å². The number of amides is 1. The third-order valence-electron chi connectivity index (χ3n) is 3.40. The maximum atomic E-state index is 12.4. The van der Waals surface area contributed by atoms with E-state index in [2.05, 4.69) is 5.32 Å². The van der Waals surface area contributed by atoms with Gasteiger partial charge in [-0.1, -0.05) is 23.7 Å². The van der Waals surface area contributed by atoms with Crippen LogP contribution in [-0.2, 0) is 4.79 Å². The van der Waals surface area contributed by atoms with Crippen molar-refractivity contribution in [2.45, 2.75) is 20.0 Å². The Hall–Kier alpha value is -2.40. The molecule has 1 amide bonds. The summed E-state index contributed by atoms with van der Waals surface area (Å²) in [5.74, 6) is 1.25. The molecule has 0 fully saturated rings. The number of aryl methyl sites for hydroxylation is 1. The van der Waals surface area contributed by atoms with Crippen LogP contribution in [0.15, 0.2) is 36.4 Å². The molecule has 2 aromatic rings. The van der Waals surface area contributed by atoms with Crippen molar-refractivity contribution in [3.05, 3.63) is 47.0 Å². The van der Waals surface area contributed by atoms with Gasteiger partial charge < -0.3 is 19.5 Å². The van der Waals surface area contributed by atoms with Gasteiger partial charge in [0.05, 0.1) is 24.9 Å². The lowest BCUT2D eigenvalue weighted by Gasteiger charge is -2.17. The molecule has 0 unspecified atom stereocenters. The Morgan fingerprint density at radius 3 is 2.46 bits per heavy atom. The Bertz CT molecular complexity index is 733. The molecule has 2 rings (SSSR count). The number of benzene rings is 2. The minimum absolute atomic E-state index is 0.309. The number of carbonyl (C=O) groups is 1. The Morgan fingerprint density at radius 2 is 1.83 bits per heavy atom. The van der Waals surface area contributed by atoms with Gasteiger partial charge in [0.15, 0.2) is 6.10 Å². The van der Waals surface area contributed by atoms with Crippen molar-refractivity contribution in [2.24, 2.45) is 0 Å². The maximum Gasteiger partial charge on any atom is 0.265 e. The van der Waals surface area contributed by atoms with E-state index in [1.165, 1.54) is 14.2 Å². The molecule has 1 N–H and O–H groups in total. The first-order valence-corrected chi connectivity index (χ1v) is 7.78. The van der Waals surface area contributed by atoms with Crippen LogP contribution >= 0.6 is 11.6 Å². The number of anilines is 1. The van der Waals surface area contributed by atoms with Crippen molar-refractivity contribution in [3.8, 4) is 17.2 Å². The summed E-state index contributed by atoms with van der Waals surface area (Å²) >= 11 is 6.11. The monoisotopic (exact) mass is 349 g/mol. The molecule has 0 saturated carbocycles. The average Bonchev–Trinajstić information content (AvgIpc) is 2.55. The highest BCUT2D eigenvalue weighted by Crippen LogP contribution is 2.36. The molecule has 6 heteroatoms. The van der Waals surface area contributed by atoms with Crippen LogP contribution in [0.1, 0.15) is 12.5 Å². The lowest BCUT2D eigenvalue weighted by atomic mass is 10.2. The molecular formula is C18H20ClNO4.